The van der Waals surface area contributed by atoms with Gasteiger partial charge in [0.1, 0.15) is 0 Å². The van der Waals surface area contributed by atoms with Crippen molar-refractivity contribution in [1.82, 2.24) is 10.2 Å². The number of fused-ring (bicyclic) bond motifs is 1. The second kappa shape index (κ2) is 6.37. The van der Waals surface area contributed by atoms with Gasteiger partial charge in [-0.25, -0.2) is 0 Å². The predicted molar refractivity (Wildman–Crippen MR) is 84.4 cm³/mol. The Labute approximate surface area is 123 Å². The molecule has 0 spiro atoms. The Hall–Kier alpha value is -1.39. The topological polar surface area (TPSA) is 32.3 Å². The average molecular weight is 288 g/mol. The van der Waals surface area contributed by atoms with Crippen molar-refractivity contribution in [1.29, 1.82) is 0 Å². The van der Waals surface area contributed by atoms with Gasteiger partial charge in [-0.2, -0.15) is 0 Å². The molecular formula is C16H20N2OS. The second-order valence-electron chi connectivity index (χ2n) is 5.31. The fourth-order valence-electron chi connectivity index (χ4n) is 2.69. The van der Waals surface area contributed by atoms with Crippen LogP contribution in [0, 0.1) is 0 Å². The minimum atomic E-state index is 0.0626. The van der Waals surface area contributed by atoms with Crippen molar-refractivity contribution in [3.05, 3.63) is 35.2 Å². The molecule has 1 saturated heterocycles. The molecule has 1 N–H and O–H groups in total. The lowest BCUT2D eigenvalue weighted by atomic mass is 10.2. The third-order valence-corrected chi connectivity index (χ3v) is 4.90. The summed E-state index contributed by atoms with van der Waals surface area (Å²) in [6.07, 6.45) is 3.69. The molecule has 3 nitrogen and oxygen atoms in total. The molecule has 1 aromatic carbocycles. The molecule has 2 heterocycles. The first-order chi connectivity index (χ1) is 9.83. The minimum absolute atomic E-state index is 0.0626. The smallest absolute Gasteiger partial charge is 0.261 e. The standard InChI is InChI=1S/C16H20N2OS/c19-16(17-8-5-11-18-9-3-4-10-18)15-12-13-6-1-2-7-14(13)20-15/h1-2,6-7,12H,3-5,8-11H2,(H,17,19). The summed E-state index contributed by atoms with van der Waals surface area (Å²) < 4.78 is 1.18. The van der Waals surface area contributed by atoms with Crippen LogP contribution in [0.1, 0.15) is 28.9 Å². The molecule has 0 unspecified atom stereocenters. The lowest BCUT2D eigenvalue weighted by molar-refractivity contribution is 0.0956. The molecule has 3 rings (SSSR count). The molecule has 1 aliphatic heterocycles. The maximum Gasteiger partial charge on any atom is 0.261 e. The number of rotatable bonds is 5. The highest BCUT2D eigenvalue weighted by Gasteiger charge is 2.12. The van der Waals surface area contributed by atoms with Gasteiger partial charge >= 0.3 is 0 Å². The normalized spacial score (nSPS) is 15.8. The van der Waals surface area contributed by atoms with Crippen LogP contribution in [0.2, 0.25) is 0 Å². The second-order valence-corrected chi connectivity index (χ2v) is 6.39. The van der Waals surface area contributed by atoms with Gasteiger partial charge in [0.2, 0.25) is 0 Å². The maximum atomic E-state index is 12.1. The van der Waals surface area contributed by atoms with Crippen molar-refractivity contribution in [3.63, 3.8) is 0 Å². The van der Waals surface area contributed by atoms with Crippen LogP contribution in [0.3, 0.4) is 0 Å². The monoisotopic (exact) mass is 288 g/mol. The lowest BCUT2D eigenvalue weighted by Crippen LogP contribution is -2.28. The van der Waals surface area contributed by atoms with E-state index in [0.717, 1.165) is 29.8 Å². The minimum Gasteiger partial charge on any atom is -0.351 e. The van der Waals surface area contributed by atoms with Crippen molar-refractivity contribution in [2.75, 3.05) is 26.2 Å². The number of hydrogen-bond donors (Lipinski definition) is 1. The van der Waals surface area contributed by atoms with E-state index in [9.17, 15) is 4.79 Å². The average Bonchev–Trinajstić information content (AvgIpc) is 3.12. The molecule has 0 bridgehead atoms. The van der Waals surface area contributed by atoms with Gasteiger partial charge < -0.3 is 10.2 Å². The Morgan fingerprint density at radius 3 is 2.85 bits per heavy atom. The summed E-state index contributed by atoms with van der Waals surface area (Å²) in [6.45, 7) is 4.32. The highest BCUT2D eigenvalue weighted by atomic mass is 32.1. The van der Waals surface area contributed by atoms with Crippen LogP contribution in [0.15, 0.2) is 30.3 Å². The highest BCUT2D eigenvalue weighted by molar-refractivity contribution is 7.20. The molecule has 0 saturated carbocycles. The molecule has 1 aromatic heterocycles. The number of nitrogens with one attached hydrogen (secondary N) is 1. The van der Waals surface area contributed by atoms with Crippen molar-refractivity contribution in [3.8, 4) is 0 Å². The Morgan fingerprint density at radius 2 is 2.05 bits per heavy atom. The van der Waals surface area contributed by atoms with Crippen LogP contribution in [0.25, 0.3) is 10.1 Å². The molecule has 1 amide bonds. The SMILES string of the molecule is O=C(NCCCN1CCCC1)c1cc2ccccc2s1. The number of benzene rings is 1. The molecule has 1 aliphatic rings. The molecule has 20 heavy (non-hydrogen) atoms. The Bertz CT molecular complexity index is 554. The van der Waals surface area contributed by atoms with Crippen LogP contribution >= 0.6 is 11.3 Å². The first-order valence-corrected chi connectivity index (χ1v) is 8.14. The third-order valence-electron chi connectivity index (χ3n) is 3.78. The fraction of sp³-hybridized carbons (Fsp3) is 0.438. The van der Waals surface area contributed by atoms with E-state index in [1.807, 2.05) is 18.2 Å². The lowest BCUT2D eigenvalue weighted by Gasteiger charge is -2.14. The van der Waals surface area contributed by atoms with Crippen LogP contribution in [0.5, 0.6) is 0 Å². The Balaban J connectivity index is 1.48. The van der Waals surface area contributed by atoms with Gasteiger partial charge in [0, 0.05) is 11.2 Å². The summed E-state index contributed by atoms with van der Waals surface area (Å²) in [5, 5.41) is 4.18. The van der Waals surface area contributed by atoms with E-state index in [1.54, 1.807) is 11.3 Å². The zero-order valence-electron chi connectivity index (χ0n) is 11.6. The Kier molecular flexibility index (Phi) is 4.33. The Morgan fingerprint density at radius 1 is 1.25 bits per heavy atom. The van der Waals surface area contributed by atoms with E-state index < -0.39 is 0 Å². The van der Waals surface area contributed by atoms with Crippen LogP contribution in [-0.2, 0) is 0 Å². The van der Waals surface area contributed by atoms with Crippen molar-refractivity contribution in [2.24, 2.45) is 0 Å². The van der Waals surface area contributed by atoms with Gasteiger partial charge in [-0.15, -0.1) is 11.3 Å². The van der Waals surface area contributed by atoms with E-state index in [0.29, 0.717) is 0 Å². The molecule has 0 atom stereocenters. The summed E-state index contributed by atoms with van der Waals surface area (Å²) in [5.74, 6) is 0.0626. The van der Waals surface area contributed by atoms with Crippen LogP contribution in [0.4, 0.5) is 0 Å². The fourth-order valence-corrected chi connectivity index (χ4v) is 3.67. The van der Waals surface area contributed by atoms with Gasteiger partial charge in [0.25, 0.3) is 5.91 Å². The first kappa shape index (κ1) is 13.6. The van der Waals surface area contributed by atoms with Gasteiger partial charge in [0.05, 0.1) is 4.88 Å². The van der Waals surface area contributed by atoms with Crippen molar-refractivity contribution < 1.29 is 4.79 Å². The third kappa shape index (κ3) is 3.19. The zero-order valence-corrected chi connectivity index (χ0v) is 12.4. The number of hydrogen-bond acceptors (Lipinski definition) is 3. The molecule has 0 radical (unpaired) electrons. The maximum absolute atomic E-state index is 12.1. The number of nitrogens with zero attached hydrogens (tertiary/aromatic N) is 1. The summed E-state index contributed by atoms with van der Waals surface area (Å²) in [7, 11) is 0. The molecular weight excluding hydrogens is 268 g/mol. The molecule has 1 fully saturated rings. The summed E-state index contributed by atoms with van der Waals surface area (Å²) in [6, 6.07) is 10.1. The van der Waals surface area contributed by atoms with E-state index in [1.165, 1.54) is 30.6 Å². The van der Waals surface area contributed by atoms with Gasteiger partial charge in [-0.1, -0.05) is 18.2 Å². The number of amides is 1. The number of thiophene rings is 1. The summed E-state index contributed by atoms with van der Waals surface area (Å²) in [5.41, 5.74) is 0. The molecule has 0 aliphatic carbocycles. The largest absolute Gasteiger partial charge is 0.351 e. The summed E-state index contributed by atoms with van der Waals surface area (Å²) in [4.78, 5) is 15.4. The predicted octanol–water partition coefficient (Wildman–Crippen LogP) is 3.12. The zero-order chi connectivity index (χ0) is 13.8. The first-order valence-electron chi connectivity index (χ1n) is 7.32. The number of likely N-dealkylation sites (tertiary alicyclic amines) is 1. The quantitative estimate of drug-likeness (QED) is 0.857. The number of carbonyl (C=O) groups excluding carboxylic acids is 1. The molecule has 4 heteroatoms. The van der Waals surface area contributed by atoms with E-state index in [2.05, 4.69) is 22.3 Å². The number of carbonyl (C=O) groups is 1. The van der Waals surface area contributed by atoms with E-state index >= 15 is 0 Å². The van der Waals surface area contributed by atoms with Gasteiger partial charge in [0.15, 0.2) is 0 Å². The molecule has 2 aromatic rings. The van der Waals surface area contributed by atoms with Crippen molar-refractivity contribution in [2.45, 2.75) is 19.3 Å². The molecule has 106 valence electrons. The van der Waals surface area contributed by atoms with Crippen LogP contribution in [-0.4, -0.2) is 37.0 Å². The van der Waals surface area contributed by atoms with E-state index in [4.69, 9.17) is 0 Å². The highest BCUT2D eigenvalue weighted by Crippen LogP contribution is 2.24. The van der Waals surface area contributed by atoms with Gasteiger partial charge in [-0.3, -0.25) is 4.79 Å². The van der Waals surface area contributed by atoms with Crippen LogP contribution < -0.4 is 5.32 Å². The summed E-state index contributed by atoms with van der Waals surface area (Å²) >= 11 is 1.57. The van der Waals surface area contributed by atoms with E-state index in [-0.39, 0.29) is 5.91 Å². The van der Waals surface area contributed by atoms with Crippen molar-refractivity contribution >= 4 is 27.3 Å². The van der Waals surface area contributed by atoms with Gasteiger partial charge in [-0.05, 0) is 56.4 Å².